The molecule has 1 aromatic heterocycles. The van der Waals surface area contributed by atoms with E-state index in [1.807, 2.05) is 0 Å². The maximum atomic E-state index is 7.77. The molecule has 3 heterocycles. The van der Waals surface area contributed by atoms with Crippen LogP contribution in [0.4, 0.5) is 22.7 Å². The van der Waals surface area contributed by atoms with Crippen molar-refractivity contribution in [1.29, 1.82) is 0 Å². The van der Waals surface area contributed by atoms with Crippen LogP contribution in [0.1, 0.15) is 162 Å². The van der Waals surface area contributed by atoms with Crippen LogP contribution in [0.2, 0.25) is 0 Å². The Morgan fingerprint density at radius 3 is 1.68 bits per heavy atom. The van der Waals surface area contributed by atoms with Gasteiger partial charge in [-0.15, -0.1) is 0 Å². The van der Waals surface area contributed by atoms with Crippen molar-refractivity contribution in [2.24, 2.45) is 0 Å². The van der Waals surface area contributed by atoms with E-state index in [0.717, 1.165) is 30.5 Å². The van der Waals surface area contributed by atoms with Gasteiger partial charge in [0.2, 0.25) is 0 Å². The van der Waals surface area contributed by atoms with Crippen molar-refractivity contribution in [1.82, 2.24) is 0 Å². The number of fused-ring (bicyclic) bond motifs is 8. The SMILES string of the molecule is CC(C)(C)c1ccc(CN2c3cc(C(C)(C)C)cc4c3B(c3oc5cc6c(cc5c32)C(C)(C)CCC6(C)C)N(c2ccc3c(c2)C(C)(C)CCC3(C)C)c2ccc(-c3ccccc3)cc2-4)c(-c2ccccc2)c1. The fourth-order valence-electron chi connectivity index (χ4n) is 13.3. The van der Waals surface area contributed by atoms with Crippen LogP contribution in [0.3, 0.4) is 0 Å². The molecule has 370 valence electrons. The molecule has 3 nitrogen and oxygen atoms in total. The van der Waals surface area contributed by atoms with Crippen LogP contribution in [-0.4, -0.2) is 6.85 Å². The fraction of sp³-hybridized carbons (Fsp3) is 0.362. The molecule has 73 heavy (non-hydrogen) atoms. The van der Waals surface area contributed by atoms with Gasteiger partial charge in [0.05, 0.1) is 5.69 Å². The molecule has 4 heteroatoms. The average Bonchev–Trinajstić information content (AvgIpc) is 3.75. The van der Waals surface area contributed by atoms with E-state index < -0.39 is 0 Å². The van der Waals surface area contributed by atoms with Gasteiger partial charge >= 0.3 is 6.85 Å². The summed E-state index contributed by atoms with van der Waals surface area (Å²) in [5.41, 5.74) is 25.5. The number of nitrogens with zero attached hydrogens (tertiary/aromatic N) is 2. The Labute approximate surface area is 437 Å². The van der Waals surface area contributed by atoms with E-state index >= 15 is 0 Å². The Morgan fingerprint density at radius 2 is 1.05 bits per heavy atom. The molecule has 0 bridgehead atoms. The Balaban J connectivity index is 1.21. The molecular weight excluding hydrogens is 884 g/mol. The van der Waals surface area contributed by atoms with Gasteiger partial charge in [-0.2, -0.15) is 0 Å². The number of furan rings is 1. The molecule has 7 aromatic carbocycles. The van der Waals surface area contributed by atoms with Gasteiger partial charge in [-0.05, 0) is 173 Å². The van der Waals surface area contributed by atoms with Crippen LogP contribution in [0.25, 0.3) is 44.3 Å². The highest BCUT2D eigenvalue weighted by Gasteiger charge is 2.50. The fourth-order valence-corrected chi connectivity index (χ4v) is 13.3. The molecule has 2 aliphatic carbocycles. The zero-order valence-corrected chi connectivity index (χ0v) is 46.2. The van der Waals surface area contributed by atoms with Crippen LogP contribution < -0.4 is 20.8 Å². The van der Waals surface area contributed by atoms with Gasteiger partial charge in [0, 0.05) is 34.6 Å². The van der Waals surface area contributed by atoms with Gasteiger partial charge in [0.15, 0.2) is 0 Å². The Hall–Kier alpha value is -6.26. The summed E-state index contributed by atoms with van der Waals surface area (Å²) in [6, 6.07) is 54.2. The summed E-state index contributed by atoms with van der Waals surface area (Å²) in [6.07, 6.45) is 4.62. The van der Waals surface area contributed by atoms with Crippen LogP contribution in [-0.2, 0) is 39.0 Å². The molecular formula is C69H75BN2O. The van der Waals surface area contributed by atoms with Gasteiger partial charge in [-0.1, -0.05) is 194 Å². The van der Waals surface area contributed by atoms with Crippen LogP contribution >= 0.6 is 0 Å². The molecule has 0 fully saturated rings. The van der Waals surface area contributed by atoms with Gasteiger partial charge in [0.25, 0.3) is 0 Å². The molecule has 4 aliphatic rings. The first kappa shape index (κ1) is 47.7. The minimum Gasteiger partial charge on any atom is -0.466 e. The summed E-state index contributed by atoms with van der Waals surface area (Å²) < 4.78 is 7.77. The molecule has 0 saturated carbocycles. The lowest BCUT2D eigenvalue weighted by Gasteiger charge is -2.46. The number of rotatable bonds is 5. The Kier molecular flexibility index (Phi) is 10.5. The Morgan fingerprint density at radius 1 is 0.479 bits per heavy atom. The smallest absolute Gasteiger partial charge is 0.375 e. The molecule has 0 saturated heterocycles. The summed E-state index contributed by atoms with van der Waals surface area (Å²) in [4.78, 5) is 5.38. The van der Waals surface area contributed by atoms with Crippen molar-refractivity contribution in [3.63, 3.8) is 0 Å². The van der Waals surface area contributed by atoms with Gasteiger partial charge < -0.3 is 14.1 Å². The summed E-state index contributed by atoms with van der Waals surface area (Å²) in [7, 11) is 0. The molecule has 0 unspecified atom stereocenters. The van der Waals surface area contributed by atoms with E-state index in [4.69, 9.17) is 4.42 Å². The predicted molar refractivity (Wildman–Crippen MR) is 313 cm³/mol. The molecule has 8 aromatic rings. The highest BCUT2D eigenvalue weighted by atomic mass is 16.3. The number of benzene rings is 7. The second kappa shape index (κ2) is 16.1. The molecule has 0 spiro atoms. The van der Waals surface area contributed by atoms with Crippen molar-refractivity contribution >= 4 is 51.7 Å². The minimum atomic E-state index is -0.236. The van der Waals surface area contributed by atoms with E-state index in [9.17, 15) is 0 Å². The van der Waals surface area contributed by atoms with E-state index in [1.54, 1.807) is 0 Å². The van der Waals surface area contributed by atoms with Gasteiger partial charge in [-0.3, -0.25) is 0 Å². The molecule has 0 amide bonds. The third-order valence-electron chi connectivity index (χ3n) is 18.2. The van der Waals surface area contributed by atoms with E-state index in [-0.39, 0.29) is 39.3 Å². The molecule has 2 aliphatic heterocycles. The monoisotopic (exact) mass is 959 g/mol. The third-order valence-corrected chi connectivity index (χ3v) is 18.2. The number of anilines is 4. The van der Waals surface area contributed by atoms with Crippen molar-refractivity contribution in [3.8, 4) is 33.4 Å². The van der Waals surface area contributed by atoms with Crippen LogP contribution in [0.5, 0.6) is 0 Å². The lowest BCUT2D eigenvalue weighted by Crippen LogP contribution is -2.61. The first-order chi connectivity index (χ1) is 34.4. The van der Waals surface area contributed by atoms with E-state index in [1.165, 1.54) is 112 Å². The van der Waals surface area contributed by atoms with Crippen molar-refractivity contribution < 1.29 is 4.42 Å². The van der Waals surface area contributed by atoms with Gasteiger partial charge in [0.1, 0.15) is 11.2 Å². The van der Waals surface area contributed by atoms with Gasteiger partial charge in [-0.25, -0.2) is 0 Å². The normalized spacial score (nSPS) is 17.9. The molecule has 0 atom stereocenters. The number of hydrogen-bond acceptors (Lipinski definition) is 3. The highest BCUT2D eigenvalue weighted by molar-refractivity contribution is 6.93. The second-order valence-corrected chi connectivity index (χ2v) is 27.1. The summed E-state index contributed by atoms with van der Waals surface area (Å²) >= 11 is 0. The van der Waals surface area contributed by atoms with E-state index in [2.05, 4.69) is 246 Å². The number of hydrogen-bond donors (Lipinski definition) is 0. The largest absolute Gasteiger partial charge is 0.466 e. The van der Waals surface area contributed by atoms with Crippen molar-refractivity contribution in [2.45, 2.75) is 162 Å². The quantitative estimate of drug-likeness (QED) is 0.160. The minimum absolute atomic E-state index is 0.00870. The van der Waals surface area contributed by atoms with E-state index in [0.29, 0.717) is 6.54 Å². The summed E-state index contributed by atoms with van der Waals surface area (Å²) in [5.74, 6) is 0. The lowest BCUT2D eigenvalue weighted by atomic mass is 9.45. The molecule has 12 rings (SSSR count). The van der Waals surface area contributed by atoms with Crippen LogP contribution in [0.15, 0.2) is 144 Å². The lowest BCUT2D eigenvalue weighted by molar-refractivity contribution is 0.332. The second-order valence-electron chi connectivity index (χ2n) is 27.1. The maximum Gasteiger partial charge on any atom is 0.375 e. The standard InChI is InChI=1S/C69H75BN2O/c1-64(2,3)47-27-25-46(50(36-47)44-23-19-16-20-24-44)42-71-59-38-48(65(4,5)6)37-52-51-35-45(43-21-17-15-18-22-43)26-30-58(51)72(49-28-29-54-55(39-49)67(9,10)32-31-66(54,7)8)70(61(52)59)63-62(71)53-40-56-57(41-60(53)73-63)69(13,14)34-33-68(56,11)12/h15-30,35-41H,31-34,42H2,1-14H3. The average molecular weight is 959 g/mol. The molecule has 0 N–H and O–H groups in total. The van der Waals surface area contributed by atoms with Crippen LogP contribution in [0, 0.1) is 0 Å². The zero-order valence-electron chi connectivity index (χ0n) is 46.2. The highest BCUT2D eigenvalue weighted by Crippen LogP contribution is 2.54. The first-order valence-electron chi connectivity index (χ1n) is 27.3. The topological polar surface area (TPSA) is 19.6 Å². The maximum absolute atomic E-state index is 7.77. The third kappa shape index (κ3) is 7.66. The predicted octanol–water partition coefficient (Wildman–Crippen LogP) is 17.6. The van der Waals surface area contributed by atoms with Crippen molar-refractivity contribution in [3.05, 3.63) is 178 Å². The zero-order chi connectivity index (χ0) is 51.4. The first-order valence-corrected chi connectivity index (χ1v) is 27.3. The Bertz CT molecular complexity index is 3520. The summed E-state index contributed by atoms with van der Waals surface area (Å²) in [6.45, 7) is 34.2. The summed E-state index contributed by atoms with van der Waals surface area (Å²) in [5, 5.41) is 1.21. The van der Waals surface area contributed by atoms with Crippen molar-refractivity contribution in [2.75, 3.05) is 9.71 Å². The molecule has 0 radical (unpaired) electrons.